The van der Waals surface area contributed by atoms with Crippen molar-refractivity contribution in [2.75, 3.05) is 39.9 Å². The molecule has 2 atom stereocenters. The number of rotatable bonds is 8. The quantitative estimate of drug-likeness (QED) is 0.729. The fourth-order valence-electron chi connectivity index (χ4n) is 4.17. The zero-order valence-electron chi connectivity index (χ0n) is 16.6. The number of hydrogen-bond acceptors (Lipinski definition) is 4. The first-order chi connectivity index (χ1) is 13.5. The minimum absolute atomic E-state index is 0.0276. The van der Waals surface area contributed by atoms with Crippen LogP contribution in [0.4, 0.5) is 0 Å². The Bertz CT molecular complexity index is 736. The molecule has 2 heterocycles. The lowest BCUT2D eigenvalue weighted by Gasteiger charge is -2.29. The molecular formula is C21H29N3O4. The van der Waals surface area contributed by atoms with Crippen LogP contribution in [-0.4, -0.2) is 67.4 Å². The van der Waals surface area contributed by atoms with E-state index in [1.54, 1.807) is 16.9 Å². The van der Waals surface area contributed by atoms with Crippen LogP contribution in [0.1, 0.15) is 36.4 Å². The highest BCUT2D eigenvalue weighted by Gasteiger charge is 2.44. The van der Waals surface area contributed by atoms with E-state index in [-0.39, 0.29) is 30.2 Å². The minimum atomic E-state index is -0.445. The van der Waals surface area contributed by atoms with Gasteiger partial charge in [-0.15, -0.1) is 0 Å². The molecule has 0 aliphatic carbocycles. The number of hydrogen-bond donors (Lipinski definition) is 1. The van der Waals surface area contributed by atoms with Crippen molar-refractivity contribution >= 4 is 17.7 Å². The second-order valence-electron chi connectivity index (χ2n) is 7.47. The fourth-order valence-corrected chi connectivity index (χ4v) is 4.17. The molecule has 2 saturated heterocycles. The van der Waals surface area contributed by atoms with Gasteiger partial charge in [0.1, 0.15) is 0 Å². The third kappa shape index (κ3) is 4.35. The standard InChI is InChI=1S/C21H29N3O4/c1-15-6-3-4-7-16(15)20-17(14-19(26)24(20)12-13-28-2)21(27)22-9-11-23-10-5-8-18(23)25/h3-4,6-7,17,20H,5,8-14H2,1-2H3,(H,22,27)/t17-,20+/m1/s1. The van der Waals surface area contributed by atoms with Gasteiger partial charge < -0.3 is 19.9 Å². The summed E-state index contributed by atoms with van der Waals surface area (Å²) in [5.41, 5.74) is 2.06. The maximum Gasteiger partial charge on any atom is 0.226 e. The van der Waals surface area contributed by atoms with Crippen molar-refractivity contribution in [3.05, 3.63) is 35.4 Å². The van der Waals surface area contributed by atoms with Crippen molar-refractivity contribution in [3.8, 4) is 0 Å². The van der Waals surface area contributed by atoms with E-state index < -0.39 is 5.92 Å². The van der Waals surface area contributed by atoms with E-state index in [4.69, 9.17) is 4.74 Å². The van der Waals surface area contributed by atoms with Gasteiger partial charge in [0.05, 0.1) is 18.6 Å². The molecule has 1 aromatic carbocycles. The van der Waals surface area contributed by atoms with Crippen LogP contribution in [0.5, 0.6) is 0 Å². The lowest BCUT2D eigenvalue weighted by Crippen LogP contribution is -2.40. The normalized spacial score (nSPS) is 22.2. The Morgan fingerprint density at radius 3 is 2.68 bits per heavy atom. The molecule has 0 spiro atoms. The predicted octanol–water partition coefficient (Wildman–Crippen LogP) is 1.27. The summed E-state index contributed by atoms with van der Waals surface area (Å²) in [5, 5.41) is 2.95. The molecule has 0 unspecified atom stereocenters. The van der Waals surface area contributed by atoms with E-state index in [0.29, 0.717) is 32.7 Å². The number of amides is 3. The molecule has 3 rings (SSSR count). The lowest BCUT2D eigenvalue weighted by molar-refractivity contribution is -0.129. The number of ether oxygens (including phenoxy) is 1. The summed E-state index contributed by atoms with van der Waals surface area (Å²) in [4.78, 5) is 40.9. The van der Waals surface area contributed by atoms with Crippen LogP contribution in [0.2, 0.25) is 0 Å². The fraction of sp³-hybridized carbons (Fsp3) is 0.571. The first-order valence-corrected chi connectivity index (χ1v) is 9.92. The molecule has 7 heteroatoms. The summed E-state index contributed by atoms with van der Waals surface area (Å²) in [5.74, 6) is -0.457. The smallest absolute Gasteiger partial charge is 0.226 e. The van der Waals surface area contributed by atoms with E-state index >= 15 is 0 Å². The van der Waals surface area contributed by atoms with Gasteiger partial charge in [-0.25, -0.2) is 0 Å². The Morgan fingerprint density at radius 2 is 2.00 bits per heavy atom. The molecule has 2 aliphatic heterocycles. The SMILES string of the molecule is COCCN1C(=O)C[C@@H](C(=O)NCCN2CCCC2=O)[C@@H]1c1ccccc1C. The van der Waals surface area contributed by atoms with Gasteiger partial charge >= 0.3 is 0 Å². The molecule has 3 amide bonds. The molecular weight excluding hydrogens is 358 g/mol. The van der Waals surface area contributed by atoms with E-state index in [1.807, 2.05) is 31.2 Å². The molecule has 7 nitrogen and oxygen atoms in total. The van der Waals surface area contributed by atoms with E-state index in [2.05, 4.69) is 5.32 Å². The van der Waals surface area contributed by atoms with Gasteiger partial charge in [0, 0.05) is 46.1 Å². The van der Waals surface area contributed by atoms with Crippen molar-refractivity contribution in [2.24, 2.45) is 5.92 Å². The van der Waals surface area contributed by atoms with Crippen LogP contribution in [-0.2, 0) is 19.1 Å². The number of carbonyl (C=O) groups is 3. The molecule has 152 valence electrons. The average molecular weight is 387 g/mol. The van der Waals surface area contributed by atoms with Gasteiger partial charge in [0.2, 0.25) is 17.7 Å². The highest BCUT2D eigenvalue weighted by molar-refractivity contribution is 5.90. The number of nitrogens with zero attached hydrogens (tertiary/aromatic N) is 2. The van der Waals surface area contributed by atoms with E-state index in [1.165, 1.54) is 0 Å². The van der Waals surface area contributed by atoms with Gasteiger partial charge in [-0.1, -0.05) is 24.3 Å². The molecule has 0 radical (unpaired) electrons. The molecule has 2 aliphatic rings. The molecule has 1 aromatic rings. The Morgan fingerprint density at radius 1 is 1.21 bits per heavy atom. The van der Waals surface area contributed by atoms with Crippen molar-refractivity contribution in [1.29, 1.82) is 0 Å². The van der Waals surface area contributed by atoms with Crippen LogP contribution >= 0.6 is 0 Å². The topological polar surface area (TPSA) is 79.0 Å². The Kier molecular flexibility index (Phi) is 6.67. The minimum Gasteiger partial charge on any atom is -0.383 e. The molecule has 0 saturated carbocycles. The van der Waals surface area contributed by atoms with Crippen LogP contribution in [0.3, 0.4) is 0 Å². The Labute approximate surface area is 166 Å². The van der Waals surface area contributed by atoms with Crippen molar-refractivity contribution in [3.63, 3.8) is 0 Å². The third-order valence-electron chi connectivity index (χ3n) is 5.66. The largest absolute Gasteiger partial charge is 0.383 e. The number of carbonyl (C=O) groups excluding carboxylic acids is 3. The highest BCUT2D eigenvalue weighted by Crippen LogP contribution is 2.39. The summed E-state index contributed by atoms with van der Waals surface area (Å²) >= 11 is 0. The summed E-state index contributed by atoms with van der Waals surface area (Å²) in [7, 11) is 1.60. The monoisotopic (exact) mass is 387 g/mol. The molecule has 2 fully saturated rings. The summed E-state index contributed by atoms with van der Waals surface area (Å²) in [6, 6.07) is 7.59. The maximum atomic E-state index is 12.9. The predicted molar refractivity (Wildman–Crippen MR) is 104 cm³/mol. The van der Waals surface area contributed by atoms with Gasteiger partial charge in [-0.05, 0) is 24.5 Å². The van der Waals surface area contributed by atoms with E-state index in [9.17, 15) is 14.4 Å². The van der Waals surface area contributed by atoms with Gasteiger partial charge in [-0.2, -0.15) is 0 Å². The average Bonchev–Trinajstić information content (AvgIpc) is 3.23. The van der Waals surface area contributed by atoms with Crippen molar-refractivity contribution < 1.29 is 19.1 Å². The lowest BCUT2D eigenvalue weighted by atomic mass is 9.90. The van der Waals surface area contributed by atoms with Crippen molar-refractivity contribution in [2.45, 2.75) is 32.2 Å². The summed E-state index contributed by atoms with van der Waals surface area (Å²) in [6.45, 7) is 4.58. The number of methoxy groups -OCH3 is 1. The van der Waals surface area contributed by atoms with Gasteiger partial charge in [0.15, 0.2) is 0 Å². The molecule has 0 bridgehead atoms. The van der Waals surface area contributed by atoms with Gasteiger partial charge in [0.25, 0.3) is 0 Å². The summed E-state index contributed by atoms with van der Waals surface area (Å²) < 4.78 is 5.16. The molecule has 28 heavy (non-hydrogen) atoms. The molecule has 0 aromatic heterocycles. The van der Waals surface area contributed by atoms with Crippen molar-refractivity contribution in [1.82, 2.24) is 15.1 Å². The zero-order chi connectivity index (χ0) is 20.1. The first kappa shape index (κ1) is 20.3. The number of aryl methyl sites for hydroxylation is 1. The second kappa shape index (κ2) is 9.19. The van der Waals surface area contributed by atoms with Gasteiger partial charge in [-0.3, -0.25) is 14.4 Å². The second-order valence-corrected chi connectivity index (χ2v) is 7.47. The Hall–Kier alpha value is -2.41. The highest BCUT2D eigenvalue weighted by atomic mass is 16.5. The number of likely N-dealkylation sites (tertiary alicyclic amines) is 2. The van der Waals surface area contributed by atoms with Crippen LogP contribution in [0.15, 0.2) is 24.3 Å². The number of nitrogens with one attached hydrogen (secondary N) is 1. The zero-order valence-corrected chi connectivity index (χ0v) is 16.6. The van der Waals surface area contributed by atoms with E-state index in [0.717, 1.165) is 24.1 Å². The summed E-state index contributed by atoms with van der Waals surface area (Å²) in [6.07, 6.45) is 1.67. The first-order valence-electron chi connectivity index (χ1n) is 9.92. The van der Waals surface area contributed by atoms with Crippen LogP contribution < -0.4 is 5.32 Å². The maximum absolute atomic E-state index is 12.9. The number of benzene rings is 1. The Balaban J connectivity index is 1.71. The van der Waals surface area contributed by atoms with Crippen LogP contribution in [0, 0.1) is 12.8 Å². The van der Waals surface area contributed by atoms with Crippen LogP contribution in [0.25, 0.3) is 0 Å². The third-order valence-corrected chi connectivity index (χ3v) is 5.66. The molecule has 1 N–H and O–H groups in total.